The lowest BCUT2D eigenvalue weighted by Gasteiger charge is -1.89. The van der Waals surface area contributed by atoms with Gasteiger partial charge in [-0.25, -0.2) is 4.98 Å². The fourth-order valence-electron chi connectivity index (χ4n) is 1.48. The van der Waals surface area contributed by atoms with Crippen molar-refractivity contribution >= 4 is 28.6 Å². The van der Waals surface area contributed by atoms with Crippen molar-refractivity contribution in [2.75, 3.05) is 5.73 Å². The first-order valence-electron chi connectivity index (χ1n) is 4.70. The molecule has 0 aromatic carbocycles. The molecule has 0 aliphatic heterocycles. The highest BCUT2D eigenvalue weighted by Gasteiger charge is 2.14. The normalized spacial score (nSPS) is 11.1. The van der Waals surface area contributed by atoms with E-state index in [1.54, 1.807) is 0 Å². The summed E-state index contributed by atoms with van der Waals surface area (Å²) in [7, 11) is 0. The van der Waals surface area contributed by atoms with E-state index in [1.165, 1.54) is 11.5 Å². The maximum atomic E-state index is 11.6. The molecule has 0 aliphatic carbocycles. The van der Waals surface area contributed by atoms with Crippen LogP contribution in [0.5, 0.6) is 0 Å². The van der Waals surface area contributed by atoms with Crippen LogP contribution in [0.3, 0.4) is 0 Å². The molecule has 3 heterocycles. The topological polar surface area (TPSA) is 126 Å². The SMILES string of the molecule is Cc1nnsc1-c1nc2nc(N)[nH]c(=O)c2[nH]1. The number of imidazole rings is 1. The third-order valence-electron chi connectivity index (χ3n) is 2.25. The van der Waals surface area contributed by atoms with Gasteiger partial charge >= 0.3 is 0 Å². The number of H-pyrrole nitrogens is 2. The van der Waals surface area contributed by atoms with Crippen molar-refractivity contribution in [2.24, 2.45) is 0 Å². The highest BCUT2D eigenvalue weighted by atomic mass is 32.1. The van der Waals surface area contributed by atoms with E-state index in [-0.39, 0.29) is 17.2 Å². The number of hydrogen-bond acceptors (Lipinski definition) is 7. The van der Waals surface area contributed by atoms with Crippen molar-refractivity contribution in [3.8, 4) is 10.7 Å². The van der Waals surface area contributed by atoms with Crippen LogP contribution in [0.1, 0.15) is 5.69 Å². The van der Waals surface area contributed by atoms with Crippen LogP contribution in [0, 0.1) is 6.92 Å². The number of rotatable bonds is 1. The van der Waals surface area contributed by atoms with E-state index >= 15 is 0 Å². The van der Waals surface area contributed by atoms with Crippen LogP contribution < -0.4 is 11.3 Å². The first kappa shape index (κ1) is 9.90. The molecular formula is C8H7N7OS. The zero-order valence-electron chi connectivity index (χ0n) is 8.68. The summed E-state index contributed by atoms with van der Waals surface area (Å²) in [6.07, 6.45) is 0. The van der Waals surface area contributed by atoms with Crippen molar-refractivity contribution < 1.29 is 0 Å². The smallest absolute Gasteiger partial charge is 0.278 e. The van der Waals surface area contributed by atoms with Crippen molar-refractivity contribution in [1.29, 1.82) is 0 Å². The number of aromatic nitrogens is 6. The fourth-order valence-corrected chi connectivity index (χ4v) is 2.08. The third kappa shape index (κ3) is 1.47. The molecule has 3 rings (SSSR count). The first-order chi connectivity index (χ1) is 8.15. The molecule has 0 saturated carbocycles. The summed E-state index contributed by atoms with van der Waals surface area (Å²) in [4.78, 5) is 25.8. The predicted octanol–water partition coefficient (Wildman–Crippen LogP) is 0.0553. The number of nitrogens with two attached hydrogens (primary N) is 1. The number of aromatic amines is 2. The van der Waals surface area contributed by atoms with Gasteiger partial charge in [0.25, 0.3) is 5.56 Å². The van der Waals surface area contributed by atoms with E-state index in [1.807, 2.05) is 6.92 Å². The van der Waals surface area contributed by atoms with Crippen LogP contribution in [0.2, 0.25) is 0 Å². The summed E-state index contributed by atoms with van der Waals surface area (Å²) in [6.45, 7) is 1.82. The summed E-state index contributed by atoms with van der Waals surface area (Å²) in [6, 6.07) is 0. The molecule has 4 N–H and O–H groups in total. The van der Waals surface area contributed by atoms with Gasteiger partial charge in [-0.05, 0) is 18.5 Å². The third-order valence-corrected chi connectivity index (χ3v) is 3.08. The molecule has 0 saturated heterocycles. The standard InChI is InChI=1S/C8H7N7OS/c1-2-4(17-15-14-2)6-10-3-5(11-6)12-8(9)13-7(3)16/h1H3,(H4,9,10,11,12,13,16). The zero-order valence-corrected chi connectivity index (χ0v) is 9.50. The van der Waals surface area contributed by atoms with Gasteiger partial charge in [0.1, 0.15) is 4.88 Å². The van der Waals surface area contributed by atoms with Gasteiger partial charge in [0.15, 0.2) is 17.0 Å². The maximum Gasteiger partial charge on any atom is 0.278 e. The molecule has 0 aliphatic rings. The minimum atomic E-state index is -0.346. The van der Waals surface area contributed by atoms with Gasteiger partial charge in [0.05, 0.1) is 5.69 Å². The van der Waals surface area contributed by atoms with E-state index in [2.05, 4.69) is 29.5 Å². The Kier molecular flexibility index (Phi) is 1.95. The van der Waals surface area contributed by atoms with Gasteiger partial charge in [0, 0.05) is 0 Å². The van der Waals surface area contributed by atoms with Gasteiger partial charge in [-0.15, -0.1) is 5.10 Å². The Labute approximate surface area is 98.1 Å². The Balaban J connectivity index is 2.31. The second-order valence-corrected chi connectivity index (χ2v) is 4.18. The molecule has 8 nitrogen and oxygen atoms in total. The molecule has 0 unspecified atom stereocenters. The molecule has 0 bridgehead atoms. The Bertz CT molecular complexity index is 755. The lowest BCUT2D eigenvalue weighted by atomic mass is 10.4. The lowest BCUT2D eigenvalue weighted by Crippen LogP contribution is -2.10. The van der Waals surface area contributed by atoms with Gasteiger partial charge in [-0.2, -0.15) is 4.98 Å². The van der Waals surface area contributed by atoms with Crippen LogP contribution >= 0.6 is 11.5 Å². The van der Waals surface area contributed by atoms with Crippen molar-refractivity contribution in [2.45, 2.75) is 6.92 Å². The molecule has 0 atom stereocenters. The van der Waals surface area contributed by atoms with E-state index in [9.17, 15) is 4.79 Å². The van der Waals surface area contributed by atoms with E-state index in [0.29, 0.717) is 11.3 Å². The van der Waals surface area contributed by atoms with Crippen LogP contribution in [-0.4, -0.2) is 29.5 Å². The predicted molar refractivity (Wildman–Crippen MR) is 62.6 cm³/mol. The highest BCUT2D eigenvalue weighted by molar-refractivity contribution is 7.09. The van der Waals surface area contributed by atoms with Crippen molar-refractivity contribution in [3.63, 3.8) is 0 Å². The number of nitrogen functional groups attached to an aromatic ring is 1. The molecule has 0 radical (unpaired) electrons. The molecule has 3 aromatic heterocycles. The van der Waals surface area contributed by atoms with Crippen LogP contribution in [0.25, 0.3) is 21.9 Å². The minimum Gasteiger partial charge on any atom is -0.369 e. The number of fused-ring (bicyclic) bond motifs is 1. The summed E-state index contributed by atoms with van der Waals surface area (Å²) >= 11 is 1.20. The van der Waals surface area contributed by atoms with Crippen LogP contribution in [0.15, 0.2) is 4.79 Å². The monoisotopic (exact) mass is 249 g/mol. The fraction of sp³-hybridized carbons (Fsp3) is 0.125. The molecular weight excluding hydrogens is 242 g/mol. The average Bonchev–Trinajstić information content (AvgIpc) is 2.83. The highest BCUT2D eigenvalue weighted by Crippen LogP contribution is 2.23. The summed E-state index contributed by atoms with van der Waals surface area (Å²) in [5, 5.41) is 3.88. The summed E-state index contributed by atoms with van der Waals surface area (Å²) in [5.74, 6) is 0.566. The zero-order chi connectivity index (χ0) is 12.0. The Hall–Kier alpha value is -2.29. The Morgan fingerprint density at radius 2 is 2.12 bits per heavy atom. The van der Waals surface area contributed by atoms with Crippen molar-refractivity contribution in [1.82, 2.24) is 29.5 Å². The lowest BCUT2D eigenvalue weighted by molar-refractivity contribution is 1.09. The average molecular weight is 249 g/mol. The van der Waals surface area contributed by atoms with Crippen molar-refractivity contribution in [3.05, 3.63) is 16.0 Å². The number of nitrogens with one attached hydrogen (secondary N) is 2. The molecule has 0 spiro atoms. The molecule has 9 heteroatoms. The van der Waals surface area contributed by atoms with Gasteiger partial charge in [-0.3, -0.25) is 9.78 Å². The second kappa shape index (κ2) is 3.35. The van der Waals surface area contributed by atoms with E-state index < -0.39 is 0 Å². The number of anilines is 1. The molecule has 0 fully saturated rings. The second-order valence-electron chi connectivity index (χ2n) is 3.42. The van der Waals surface area contributed by atoms with E-state index in [4.69, 9.17) is 5.73 Å². The van der Waals surface area contributed by atoms with Gasteiger partial charge < -0.3 is 10.7 Å². The Morgan fingerprint density at radius 3 is 2.82 bits per heavy atom. The number of hydrogen-bond donors (Lipinski definition) is 3. The maximum absolute atomic E-state index is 11.6. The first-order valence-corrected chi connectivity index (χ1v) is 5.47. The van der Waals surface area contributed by atoms with Gasteiger partial charge in [-0.1, -0.05) is 4.49 Å². The molecule has 3 aromatic rings. The Morgan fingerprint density at radius 1 is 1.29 bits per heavy atom. The largest absolute Gasteiger partial charge is 0.369 e. The van der Waals surface area contributed by atoms with Gasteiger partial charge in [0.2, 0.25) is 5.95 Å². The van der Waals surface area contributed by atoms with Crippen LogP contribution in [-0.2, 0) is 0 Å². The van der Waals surface area contributed by atoms with E-state index in [0.717, 1.165) is 10.6 Å². The molecule has 17 heavy (non-hydrogen) atoms. The minimum absolute atomic E-state index is 0.0414. The quantitative estimate of drug-likeness (QED) is 0.559. The number of aryl methyl sites for hydroxylation is 1. The summed E-state index contributed by atoms with van der Waals surface area (Å²) in [5.41, 5.74) is 6.42. The number of nitrogens with zero attached hydrogens (tertiary/aromatic N) is 4. The van der Waals surface area contributed by atoms with Crippen LogP contribution in [0.4, 0.5) is 5.95 Å². The molecule has 0 amide bonds. The molecule has 86 valence electrons. The summed E-state index contributed by atoms with van der Waals surface area (Å²) < 4.78 is 3.81.